The molecule has 2 fully saturated rings. The van der Waals surface area contributed by atoms with Gasteiger partial charge in [0.1, 0.15) is 11.6 Å². The summed E-state index contributed by atoms with van der Waals surface area (Å²) in [5.41, 5.74) is 0.425. The Kier molecular flexibility index (Phi) is 6.42. The molecule has 1 aromatic carbocycles. The number of rotatable bonds is 6. The van der Waals surface area contributed by atoms with Crippen LogP contribution in [0.3, 0.4) is 0 Å². The maximum Gasteiger partial charge on any atom is 0.263 e. The molecule has 166 valence electrons. The molecule has 1 aliphatic heterocycles. The van der Waals surface area contributed by atoms with Crippen molar-refractivity contribution in [2.75, 3.05) is 20.1 Å². The van der Waals surface area contributed by atoms with Gasteiger partial charge in [0.05, 0.1) is 4.88 Å². The van der Waals surface area contributed by atoms with Crippen molar-refractivity contribution in [2.45, 2.75) is 45.1 Å². The molecule has 2 amide bonds. The smallest absolute Gasteiger partial charge is 0.263 e. The Hall–Kier alpha value is -2.28. The zero-order chi connectivity index (χ0) is 22.1. The van der Waals surface area contributed by atoms with Gasteiger partial charge in [-0.1, -0.05) is 6.07 Å². The zero-order valence-electron chi connectivity index (χ0n) is 17.9. The van der Waals surface area contributed by atoms with E-state index in [1.807, 2.05) is 24.0 Å². The standard InChI is InChI=1S/C24H28F2N2O2S/c1-15-3-8-22(31-15)24(30)28-11-9-16(10-12-28)21(27(2)23(29)17-4-5-17)13-18-6-7-19(25)14-20(18)26/h3,6-8,14,16-17,21H,4-5,9-13H2,1-2H3/t21-/m0/s1. The highest BCUT2D eigenvalue weighted by molar-refractivity contribution is 7.13. The summed E-state index contributed by atoms with van der Waals surface area (Å²) in [5.74, 6) is -0.769. The minimum atomic E-state index is -0.601. The summed E-state index contributed by atoms with van der Waals surface area (Å²) in [6.07, 6.45) is 3.68. The van der Waals surface area contributed by atoms with E-state index in [0.29, 0.717) is 25.1 Å². The molecular weight excluding hydrogens is 418 g/mol. The lowest BCUT2D eigenvalue weighted by Gasteiger charge is -2.40. The van der Waals surface area contributed by atoms with Crippen LogP contribution in [0, 0.1) is 30.4 Å². The molecule has 1 aromatic heterocycles. The molecule has 1 atom stereocenters. The van der Waals surface area contributed by atoms with Gasteiger partial charge >= 0.3 is 0 Å². The first-order valence-electron chi connectivity index (χ1n) is 10.9. The first-order chi connectivity index (χ1) is 14.8. The van der Waals surface area contributed by atoms with Crippen LogP contribution in [0.5, 0.6) is 0 Å². The third kappa shape index (κ3) is 4.97. The molecule has 2 aromatic rings. The molecule has 31 heavy (non-hydrogen) atoms. The number of hydrogen-bond donors (Lipinski definition) is 0. The minimum absolute atomic E-state index is 0.0556. The predicted molar refractivity (Wildman–Crippen MR) is 117 cm³/mol. The Morgan fingerprint density at radius 2 is 1.84 bits per heavy atom. The third-order valence-corrected chi connectivity index (χ3v) is 7.53. The Morgan fingerprint density at radius 3 is 2.42 bits per heavy atom. The van der Waals surface area contributed by atoms with Gasteiger partial charge in [-0.3, -0.25) is 9.59 Å². The Morgan fingerprint density at radius 1 is 1.13 bits per heavy atom. The van der Waals surface area contributed by atoms with E-state index in [2.05, 4.69) is 0 Å². The monoisotopic (exact) mass is 446 g/mol. The van der Waals surface area contributed by atoms with Crippen molar-refractivity contribution in [3.8, 4) is 0 Å². The highest BCUT2D eigenvalue weighted by atomic mass is 32.1. The van der Waals surface area contributed by atoms with E-state index in [9.17, 15) is 18.4 Å². The molecule has 0 bridgehead atoms. The highest BCUT2D eigenvalue weighted by Gasteiger charge is 2.38. The summed E-state index contributed by atoms with van der Waals surface area (Å²) in [7, 11) is 1.80. The molecule has 2 aliphatic rings. The largest absolute Gasteiger partial charge is 0.342 e. The number of amides is 2. The lowest BCUT2D eigenvalue weighted by molar-refractivity contribution is -0.134. The van der Waals surface area contributed by atoms with Crippen LogP contribution in [0.1, 0.15) is 45.8 Å². The molecule has 1 saturated carbocycles. The average Bonchev–Trinajstić information content (AvgIpc) is 3.52. The number of carbonyl (C=O) groups is 2. The number of likely N-dealkylation sites (tertiary alicyclic amines) is 1. The molecule has 4 nitrogen and oxygen atoms in total. The van der Waals surface area contributed by atoms with Crippen LogP contribution in [0.25, 0.3) is 0 Å². The van der Waals surface area contributed by atoms with E-state index in [-0.39, 0.29) is 29.7 Å². The average molecular weight is 447 g/mol. The van der Waals surface area contributed by atoms with Crippen LogP contribution in [0.15, 0.2) is 30.3 Å². The number of benzene rings is 1. The van der Waals surface area contributed by atoms with Crippen molar-refractivity contribution < 1.29 is 18.4 Å². The second-order valence-electron chi connectivity index (χ2n) is 8.77. The lowest BCUT2D eigenvalue weighted by Crippen LogP contribution is -2.48. The molecule has 1 aliphatic carbocycles. The fourth-order valence-electron chi connectivity index (χ4n) is 4.51. The van der Waals surface area contributed by atoms with Gasteiger partial charge < -0.3 is 9.80 Å². The number of likely N-dealkylation sites (N-methyl/N-ethyl adjacent to an activating group) is 1. The molecule has 4 rings (SSSR count). The van der Waals surface area contributed by atoms with Crippen molar-refractivity contribution >= 4 is 23.2 Å². The molecule has 7 heteroatoms. The van der Waals surface area contributed by atoms with Crippen molar-refractivity contribution in [3.05, 3.63) is 57.3 Å². The molecule has 0 unspecified atom stereocenters. The van der Waals surface area contributed by atoms with Crippen LogP contribution < -0.4 is 0 Å². The molecule has 0 N–H and O–H groups in total. The predicted octanol–water partition coefficient (Wildman–Crippen LogP) is 4.67. The summed E-state index contributed by atoms with van der Waals surface area (Å²) in [4.78, 5) is 31.1. The van der Waals surface area contributed by atoms with E-state index in [1.165, 1.54) is 23.5 Å². The fraction of sp³-hybridized carbons (Fsp3) is 0.500. The summed E-state index contributed by atoms with van der Waals surface area (Å²) < 4.78 is 27.7. The number of aryl methyl sites for hydroxylation is 1. The first kappa shape index (κ1) is 21.9. The van der Waals surface area contributed by atoms with Gasteiger partial charge in [-0.2, -0.15) is 0 Å². The molecular formula is C24H28F2N2O2S. The van der Waals surface area contributed by atoms with Crippen molar-refractivity contribution in [1.29, 1.82) is 0 Å². The highest BCUT2D eigenvalue weighted by Crippen LogP contribution is 2.34. The van der Waals surface area contributed by atoms with Gasteiger partial charge in [0, 0.05) is 43.0 Å². The van der Waals surface area contributed by atoms with E-state index in [0.717, 1.165) is 41.5 Å². The van der Waals surface area contributed by atoms with E-state index in [1.54, 1.807) is 11.9 Å². The number of nitrogens with zero attached hydrogens (tertiary/aromatic N) is 2. The summed E-state index contributed by atoms with van der Waals surface area (Å²) in [6.45, 7) is 3.22. The van der Waals surface area contributed by atoms with E-state index >= 15 is 0 Å². The zero-order valence-corrected chi connectivity index (χ0v) is 18.8. The van der Waals surface area contributed by atoms with E-state index < -0.39 is 11.6 Å². The second kappa shape index (κ2) is 9.07. The normalized spacial score (nSPS) is 18.1. The van der Waals surface area contributed by atoms with Crippen LogP contribution in [0.4, 0.5) is 8.78 Å². The van der Waals surface area contributed by atoms with Crippen molar-refractivity contribution in [3.63, 3.8) is 0 Å². The van der Waals surface area contributed by atoms with Gasteiger partial charge in [-0.05, 0) is 68.7 Å². The maximum atomic E-state index is 14.4. The number of piperidine rings is 1. The van der Waals surface area contributed by atoms with Crippen LogP contribution in [-0.2, 0) is 11.2 Å². The third-order valence-electron chi connectivity index (χ3n) is 6.54. The van der Waals surface area contributed by atoms with Gasteiger partial charge in [0.25, 0.3) is 5.91 Å². The SMILES string of the molecule is Cc1ccc(C(=O)N2CCC([C@H](Cc3ccc(F)cc3F)N(C)C(=O)C3CC3)CC2)s1. The number of hydrogen-bond acceptors (Lipinski definition) is 3. The minimum Gasteiger partial charge on any atom is -0.342 e. The number of halogens is 2. The molecule has 0 radical (unpaired) electrons. The van der Waals surface area contributed by atoms with Gasteiger partial charge in [0.15, 0.2) is 0 Å². The quantitative estimate of drug-likeness (QED) is 0.647. The van der Waals surface area contributed by atoms with E-state index in [4.69, 9.17) is 0 Å². The Bertz CT molecular complexity index is 964. The molecule has 1 saturated heterocycles. The fourth-order valence-corrected chi connectivity index (χ4v) is 5.34. The topological polar surface area (TPSA) is 40.6 Å². The molecule has 2 heterocycles. The molecule has 0 spiro atoms. The van der Waals surface area contributed by atoms with Gasteiger partial charge in [0.2, 0.25) is 5.91 Å². The summed E-state index contributed by atoms with van der Waals surface area (Å²) in [6, 6.07) is 7.30. The van der Waals surface area contributed by atoms with Gasteiger partial charge in [-0.15, -0.1) is 11.3 Å². The second-order valence-corrected chi connectivity index (χ2v) is 10.1. The van der Waals surface area contributed by atoms with Crippen LogP contribution >= 0.6 is 11.3 Å². The lowest BCUT2D eigenvalue weighted by atomic mass is 9.84. The van der Waals surface area contributed by atoms with Gasteiger partial charge in [-0.25, -0.2) is 8.78 Å². The van der Waals surface area contributed by atoms with Crippen molar-refractivity contribution in [1.82, 2.24) is 9.80 Å². The summed E-state index contributed by atoms with van der Waals surface area (Å²) in [5, 5.41) is 0. The van der Waals surface area contributed by atoms with Crippen molar-refractivity contribution in [2.24, 2.45) is 11.8 Å². The maximum absolute atomic E-state index is 14.4. The number of carbonyl (C=O) groups excluding carboxylic acids is 2. The number of thiophene rings is 1. The summed E-state index contributed by atoms with van der Waals surface area (Å²) >= 11 is 1.50. The van der Waals surface area contributed by atoms with Crippen LogP contribution in [-0.4, -0.2) is 47.8 Å². The Labute approximate surface area is 185 Å². The first-order valence-corrected chi connectivity index (χ1v) is 11.7. The Balaban J connectivity index is 1.47. The van der Waals surface area contributed by atoms with Crippen LogP contribution in [0.2, 0.25) is 0 Å².